The third kappa shape index (κ3) is 4.40. The molecule has 0 aliphatic rings. The molecule has 1 aromatic carbocycles. The van der Waals surface area contributed by atoms with Gasteiger partial charge in [0.1, 0.15) is 0 Å². The molecule has 0 spiro atoms. The Labute approximate surface area is 105 Å². The lowest BCUT2D eigenvalue weighted by atomic mass is 10.3. The molecule has 1 aromatic rings. The van der Waals surface area contributed by atoms with Gasteiger partial charge < -0.3 is 9.47 Å². The van der Waals surface area contributed by atoms with Gasteiger partial charge in [0.25, 0.3) is 0 Å². The molecule has 0 aromatic heterocycles. The van der Waals surface area contributed by atoms with Gasteiger partial charge in [-0.25, -0.2) is 0 Å². The zero-order chi connectivity index (χ0) is 13.4. The first-order valence-corrected chi connectivity index (χ1v) is 5.67. The van der Waals surface area contributed by atoms with Gasteiger partial charge in [0.05, 0.1) is 18.1 Å². The van der Waals surface area contributed by atoms with Crippen molar-refractivity contribution >= 4 is 11.7 Å². The van der Waals surface area contributed by atoms with Gasteiger partial charge in [0, 0.05) is 12.5 Å². The number of para-hydroxylation sites is 2. The van der Waals surface area contributed by atoms with Crippen LogP contribution in [0.25, 0.3) is 0 Å². The number of benzene rings is 1. The summed E-state index contributed by atoms with van der Waals surface area (Å²) in [7, 11) is 0. The first kappa shape index (κ1) is 14.0. The van der Waals surface area contributed by atoms with Crippen LogP contribution in [0.4, 0.5) is 5.69 Å². The van der Waals surface area contributed by atoms with Gasteiger partial charge >= 0.3 is 11.7 Å². The topological polar surface area (TPSA) is 78.7 Å². The Balaban J connectivity index is 2.40. The van der Waals surface area contributed by atoms with Crippen LogP contribution >= 0.6 is 0 Å². The van der Waals surface area contributed by atoms with Crippen LogP contribution in [-0.2, 0) is 9.53 Å². The summed E-state index contributed by atoms with van der Waals surface area (Å²) in [6, 6.07) is 6.14. The molecule has 0 saturated heterocycles. The lowest BCUT2D eigenvalue weighted by Crippen LogP contribution is -2.07. The van der Waals surface area contributed by atoms with Gasteiger partial charge in [-0.1, -0.05) is 12.1 Å². The fraction of sp³-hybridized carbons (Fsp3) is 0.417. The fourth-order valence-electron chi connectivity index (χ4n) is 1.36. The van der Waals surface area contributed by atoms with Crippen LogP contribution in [-0.4, -0.2) is 24.1 Å². The third-order valence-corrected chi connectivity index (χ3v) is 2.15. The largest absolute Gasteiger partial charge is 0.487 e. The molecular weight excluding hydrogens is 238 g/mol. The molecular formula is C12H15NO5. The zero-order valence-electron chi connectivity index (χ0n) is 10.1. The molecule has 0 amide bonds. The van der Waals surface area contributed by atoms with E-state index in [1.165, 1.54) is 12.1 Å². The highest BCUT2D eigenvalue weighted by molar-refractivity contribution is 5.69. The maximum atomic E-state index is 11.0. The number of nitrogens with zero attached hydrogens (tertiary/aromatic N) is 1. The predicted octanol–water partition coefficient (Wildman–Crippen LogP) is 2.32. The molecule has 1 rings (SSSR count). The standard InChI is InChI=1S/C12H15NO5/c1-2-17-12(14)8-5-9-18-11-7-4-3-6-10(11)13(15)16/h3-4,6-7H,2,5,8-9H2,1H3. The molecule has 0 N–H and O–H groups in total. The number of rotatable bonds is 7. The van der Waals surface area contributed by atoms with Crippen LogP contribution in [0, 0.1) is 10.1 Å². The quantitative estimate of drug-likeness (QED) is 0.322. The Bertz CT molecular complexity index is 419. The maximum absolute atomic E-state index is 11.0. The van der Waals surface area contributed by atoms with Gasteiger partial charge in [-0.2, -0.15) is 0 Å². The smallest absolute Gasteiger partial charge is 0.310 e. The number of carbonyl (C=O) groups is 1. The van der Waals surface area contributed by atoms with Crippen molar-refractivity contribution in [1.82, 2.24) is 0 Å². The number of hydrogen-bond donors (Lipinski definition) is 0. The lowest BCUT2D eigenvalue weighted by Gasteiger charge is -2.06. The average molecular weight is 253 g/mol. The second-order valence-electron chi connectivity index (χ2n) is 3.48. The number of nitro groups is 1. The molecule has 0 fully saturated rings. The summed E-state index contributed by atoms with van der Waals surface area (Å²) in [4.78, 5) is 21.2. The SMILES string of the molecule is CCOC(=O)CCCOc1ccccc1[N+](=O)[O-]. The third-order valence-electron chi connectivity index (χ3n) is 2.15. The number of ether oxygens (including phenoxy) is 2. The molecule has 0 bridgehead atoms. The second kappa shape index (κ2) is 7.26. The number of nitro benzene ring substituents is 1. The van der Waals surface area contributed by atoms with Crippen molar-refractivity contribution in [2.45, 2.75) is 19.8 Å². The van der Waals surface area contributed by atoms with Crippen LogP contribution < -0.4 is 4.74 Å². The van der Waals surface area contributed by atoms with Crippen LogP contribution in [0.1, 0.15) is 19.8 Å². The first-order chi connectivity index (χ1) is 8.65. The molecule has 0 saturated carbocycles. The Hall–Kier alpha value is -2.11. The van der Waals surface area contributed by atoms with Crippen LogP contribution in [0.3, 0.4) is 0 Å². The van der Waals surface area contributed by atoms with Gasteiger partial charge in [-0.3, -0.25) is 14.9 Å². The van der Waals surface area contributed by atoms with Crippen molar-refractivity contribution in [2.75, 3.05) is 13.2 Å². The zero-order valence-corrected chi connectivity index (χ0v) is 10.1. The molecule has 0 unspecified atom stereocenters. The predicted molar refractivity (Wildman–Crippen MR) is 64.5 cm³/mol. The summed E-state index contributed by atoms with van der Waals surface area (Å²) >= 11 is 0. The van der Waals surface area contributed by atoms with E-state index in [-0.39, 0.29) is 30.4 Å². The Morgan fingerprint density at radius 2 is 2.11 bits per heavy atom. The Morgan fingerprint density at radius 3 is 2.78 bits per heavy atom. The van der Waals surface area contributed by atoms with Crippen molar-refractivity contribution in [3.05, 3.63) is 34.4 Å². The lowest BCUT2D eigenvalue weighted by molar-refractivity contribution is -0.385. The molecule has 0 atom stereocenters. The van der Waals surface area contributed by atoms with E-state index in [4.69, 9.17) is 9.47 Å². The highest BCUT2D eigenvalue weighted by atomic mass is 16.6. The summed E-state index contributed by atoms with van der Waals surface area (Å²) < 4.78 is 10.0. The molecule has 6 nitrogen and oxygen atoms in total. The van der Waals surface area contributed by atoms with Gasteiger partial charge in [-0.15, -0.1) is 0 Å². The van der Waals surface area contributed by atoms with E-state index in [9.17, 15) is 14.9 Å². The van der Waals surface area contributed by atoms with Crippen molar-refractivity contribution < 1.29 is 19.2 Å². The van der Waals surface area contributed by atoms with Gasteiger partial charge in [-0.05, 0) is 19.4 Å². The maximum Gasteiger partial charge on any atom is 0.310 e. The summed E-state index contributed by atoms with van der Waals surface area (Å²) in [6.07, 6.45) is 0.708. The minimum Gasteiger partial charge on any atom is -0.487 e. The average Bonchev–Trinajstić information content (AvgIpc) is 2.35. The molecule has 98 valence electrons. The normalized spacial score (nSPS) is 9.83. The van der Waals surface area contributed by atoms with E-state index in [2.05, 4.69) is 0 Å². The molecule has 6 heteroatoms. The molecule has 0 aliphatic carbocycles. The highest BCUT2D eigenvalue weighted by Gasteiger charge is 2.13. The van der Waals surface area contributed by atoms with Crippen molar-refractivity contribution in [3.8, 4) is 5.75 Å². The van der Waals surface area contributed by atoms with Gasteiger partial charge in [0.2, 0.25) is 0 Å². The highest BCUT2D eigenvalue weighted by Crippen LogP contribution is 2.25. The van der Waals surface area contributed by atoms with E-state index in [0.29, 0.717) is 13.0 Å². The van der Waals surface area contributed by atoms with E-state index < -0.39 is 4.92 Å². The van der Waals surface area contributed by atoms with Crippen LogP contribution in [0.2, 0.25) is 0 Å². The van der Waals surface area contributed by atoms with Crippen LogP contribution in [0.15, 0.2) is 24.3 Å². The van der Waals surface area contributed by atoms with E-state index >= 15 is 0 Å². The fourth-order valence-corrected chi connectivity index (χ4v) is 1.36. The van der Waals surface area contributed by atoms with Crippen molar-refractivity contribution in [3.63, 3.8) is 0 Å². The minimum absolute atomic E-state index is 0.0753. The second-order valence-corrected chi connectivity index (χ2v) is 3.48. The summed E-state index contributed by atoms with van der Waals surface area (Å²) in [5.74, 6) is -0.0741. The molecule has 18 heavy (non-hydrogen) atoms. The number of esters is 1. The van der Waals surface area contributed by atoms with E-state index in [1.54, 1.807) is 19.1 Å². The first-order valence-electron chi connectivity index (χ1n) is 5.67. The summed E-state index contributed by atoms with van der Waals surface area (Å²) in [6.45, 7) is 2.33. The molecule has 0 aliphatic heterocycles. The van der Waals surface area contributed by atoms with Gasteiger partial charge in [0.15, 0.2) is 5.75 Å². The van der Waals surface area contributed by atoms with E-state index in [0.717, 1.165) is 0 Å². The molecule has 0 heterocycles. The minimum atomic E-state index is -0.499. The summed E-state index contributed by atoms with van der Waals surface area (Å²) in [5, 5.41) is 10.7. The molecule has 0 radical (unpaired) electrons. The summed E-state index contributed by atoms with van der Waals surface area (Å²) in [5.41, 5.74) is -0.0753. The van der Waals surface area contributed by atoms with E-state index in [1.807, 2.05) is 0 Å². The number of carbonyl (C=O) groups excluding carboxylic acids is 1. The Kier molecular flexibility index (Phi) is 5.63. The van der Waals surface area contributed by atoms with Crippen molar-refractivity contribution in [1.29, 1.82) is 0 Å². The van der Waals surface area contributed by atoms with Crippen LogP contribution in [0.5, 0.6) is 5.75 Å². The monoisotopic (exact) mass is 253 g/mol. The Morgan fingerprint density at radius 1 is 1.39 bits per heavy atom. The number of hydrogen-bond acceptors (Lipinski definition) is 5. The van der Waals surface area contributed by atoms with Crippen molar-refractivity contribution in [2.24, 2.45) is 0 Å².